The zero-order chi connectivity index (χ0) is 15.3. The lowest BCUT2D eigenvalue weighted by Crippen LogP contribution is -2.38. The van der Waals surface area contributed by atoms with Crippen molar-refractivity contribution in [1.82, 2.24) is 10.2 Å². The van der Waals surface area contributed by atoms with Gasteiger partial charge in [-0.3, -0.25) is 4.79 Å². The van der Waals surface area contributed by atoms with Crippen molar-refractivity contribution in [2.75, 3.05) is 13.6 Å². The van der Waals surface area contributed by atoms with Crippen molar-refractivity contribution >= 4 is 27.9 Å². The Morgan fingerprint density at radius 2 is 1.90 bits per heavy atom. The summed E-state index contributed by atoms with van der Waals surface area (Å²) in [5.41, 5.74) is -0.256. The van der Waals surface area contributed by atoms with Crippen LogP contribution in [0.4, 0.5) is 13.6 Å². The molecule has 20 heavy (non-hydrogen) atoms. The van der Waals surface area contributed by atoms with Gasteiger partial charge in [-0.05, 0) is 12.1 Å². The lowest BCUT2D eigenvalue weighted by Gasteiger charge is -2.17. The van der Waals surface area contributed by atoms with Crippen molar-refractivity contribution in [2.24, 2.45) is 0 Å². The van der Waals surface area contributed by atoms with Crippen molar-refractivity contribution in [3.05, 3.63) is 33.8 Å². The Bertz CT molecular complexity index is 502. The number of carboxylic acids is 1. The minimum atomic E-state index is -1.03. The van der Waals surface area contributed by atoms with Crippen LogP contribution in [-0.4, -0.2) is 35.6 Å². The van der Waals surface area contributed by atoms with Crippen LogP contribution in [0.3, 0.4) is 0 Å². The monoisotopic (exact) mass is 350 g/mol. The quantitative estimate of drug-likeness (QED) is 0.856. The van der Waals surface area contributed by atoms with E-state index in [1.54, 1.807) is 0 Å². The van der Waals surface area contributed by atoms with Gasteiger partial charge < -0.3 is 15.3 Å². The molecule has 0 saturated heterocycles. The van der Waals surface area contributed by atoms with Gasteiger partial charge in [-0.15, -0.1) is 0 Å². The summed E-state index contributed by atoms with van der Waals surface area (Å²) in [5.74, 6) is -2.58. The number of carbonyl (C=O) groups is 2. The van der Waals surface area contributed by atoms with E-state index in [2.05, 4.69) is 21.2 Å². The highest BCUT2D eigenvalue weighted by Crippen LogP contribution is 2.19. The molecule has 0 aliphatic carbocycles. The average Bonchev–Trinajstić information content (AvgIpc) is 2.34. The van der Waals surface area contributed by atoms with Gasteiger partial charge in [0, 0.05) is 23.6 Å². The van der Waals surface area contributed by atoms with Gasteiger partial charge in [0.25, 0.3) is 0 Å². The Morgan fingerprint density at radius 1 is 1.35 bits per heavy atom. The molecule has 1 rings (SSSR count). The lowest BCUT2D eigenvalue weighted by molar-refractivity contribution is -0.137. The molecule has 0 aliphatic heterocycles. The Kier molecular flexibility index (Phi) is 5.87. The molecule has 0 unspecified atom stereocenters. The van der Waals surface area contributed by atoms with Gasteiger partial charge >= 0.3 is 12.0 Å². The first-order valence-electron chi connectivity index (χ1n) is 5.65. The fourth-order valence-electron chi connectivity index (χ4n) is 1.40. The molecule has 110 valence electrons. The number of aliphatic carboxylic acids is 1. The minimum Gasteiger partial charge on any atom is -0.481 e. The van der Waals surface area contributed by atoms with Crippen LogP contribution in [0, 0.1) is 11.6 Å². The summed E-state index contributed by atoms with van der Waals surface area (Å²) in [6.07, 6.45) is -0.203. The number of nitrogens with one attached hydrogen (secondary N) is 1. The fraction of sp³-hybridized carbons (Fsp3) is 0.333. The third kappa shape index (κ3) is 4.76. The highest BCUT2D eigenvalue weighted by Gasteiger charge is 2.14. The number of halogens is 3. The van der Waals surface area contributed by atoms with Crippen LogP contribution in [0.15, 0.2) is 16.6 Å². The molecule has 1 aromatic rings. The van der Waals surface area contributed by atoms with Crippen molar-refractivity contribution in [2.45, 2.75) is 13.0 Å². The molecular formula is C12H13BrF2N2O3. The Morgan fingerprint density at radius 3 is 2.40 bits per heavy atom. The molecule has 2 amide bonds. The molecule has 0 fully saturated rings. The SMILES string of the molecule is CN(CCC(=O)O)C(=O)NCc1c(F)cc(Br)cc1F. The van der Waals surface area contributed by atoms with Gasteiger partial charge in [0.2, 0.25) is 0 Å². The topological polar surface area (TPSA) is 69.6 Å². The van der Waals surface area contributed by atoms with Crippen LogP contribution in [0.25, 0.3) is 0 Å². The van der Waals surface area contributed by atoms with Crippen molar-refractivity contribution in [3.63, 3.8) is 0 Å². The Balaban J connectivity index is 2.59. The molecule has 0 aromatic heterocycles. The third-order valence-electron chi connectivity index (χ3n) is 2.53. The number of carboxylic acid groups (broad SMARTS) is 1. The molecule has 2 N–H and O–H groups in total. The number of rotatable bonds is 5. The van der Waals surface area contributed by atoms with Crippen LogP contribution in [0.1, 0.15) is 12.0 Å². The smallest absolute Gasteiger partial charge is 0.317 e. The number of carbonyl (C=O) groups excluding carboxylic acids is 1. The van der Waals surface area contributed by atoms with Crippen LogP contribution in [0.2, 0.25) is 0 Å². The van der Waals surface area contributed by atoms with E-state index in [1.165, 1.54) is 7.05 Å². The first kappa shape index (κ1) is 16.4. The summed E-state index contributed by atoms with van der Waals surface area (Å²) in [7, 11) is 1.40. The van der Waals surface area contributed by atoms with Crippen molar-refractivity contribution in [3.8, 4) is 0 Å². The zero-order valence-electron chi connectivity index (χ0n) is 10.6. The minimum absolute atomic E-state index is 0.00642. The van der Waals surface area contributed by atoms with Crippen molar-refractivity contribution in [1.29, 1.82) is 0 Å². The molecule has 0 heterocycles. The molecule has 1 aromatic carbocycles. The second-order valence-electron chi connectivity index (χ2n) is 4.07. The zero-order valence-corrected chi connectivity index (χ0v) is 12.2. The van der Waals surface area contributed by atoms with Gasteiger partial charge in [-0.1, -0.05) is 15.9 Å². The number of urea groups is 1. The molecule has 8 heteroatoms. The number of benzene rings is 1. The largest absolute Gasteiger partial charge is 0.481 e. The second kappa shape index (κ2) is 7.18. The molecular weight excluding hydrogens is 338 g/mol. The Hall–Kier alpha value is -1.70. The predicted octanol–water partition coefficient (Wildman–Crippen LogP) is 2.34. The summed E-state index contributed by atoms with van der Waals surface area (Å²) < 4.78 is 27.3. The Labute approximate surface area is 122 Å². The van der Waals surface area contributed by atoms with Gasteiger partial charge in [0.05, 0.1) is 13.0 Å². The van der Waals surface area contributed by atoms with Gasteiger partial charge in [-0.2, -0.15) is 0 Å². The number of amides is 2. The molecule has 0 saturated carbocycles. The van der Waals surface area contributed by atoms with Gasteiger partial charge in [0.15, 0.2) is 0 Å². The third-order valence-corrected chi connectivity index (χ3v) is 2.99. The predicted molar refractivity (Wildman–Crippen MR) is 71.2 cm³/mol. The van der Waals surface area contributed by atoms with E-state index >= 15 is 0 Å². The van der Waals surface area contributed by atoms with E-state index < -0.39 is 23.6 Å². The number of hydrogen-bond donors (Lipinski definition) is 2. The van der Waals surface area contributed by atoms with E-state index in [0.717, 1.165) is 17.0 Å². The molecule has 5 nitrogen and oxygen atoms in total. The normalized spacial score (nSPS) is 10.2. The van der Waals surface area contributed by atoms with E-state index in [0.29, 0.717) is 0 Å². The van der Waals surface area contributed by atoms with Gasteiger partial charge in [-0.25, -0.2) is 13.6 Å². The summed E-state index contributed by atoms with van der Waals surface area (Å²) in [6.45, 7) is -0.312. The molecule has 0 spiro atoms. The molecule has 0 aliphatic rings. The fourth-order valence-corrected chi connectivity index (χ4v) is 1.81. The first-order chi connectivity index (χ1) is 9.31. The van der Waals surface area contributed by atoms with E-state index in [9.17, 15) is 18.4 Å². The molecule has 0 radical (unpaired) electrons. The first-order valence-corrected chi connectivity index (χ1v) is 6.44. The maximum atomic E-state index is 13.5. The highest BCUT2D eigenvalue weighted by atomic mass is 79.9. The lowest BCUT2D eigenvalue weighted by atomic mass is 10.2. The standard InChI is InChI=1S/C12H13BrF2N2O3/c1-17(3-2-11(18)19)12(20)16-6-8-9(14)4-7(13)5-10(8)15/h4-5H,2-3,6H2,1H3,(H,16,20)(H,18,19). The van der Waals surface area contributed by atoms with E-state index in [1.807, 2.05) is 0 Å². The average molecular weight is 351 g/mol. The van der Waals surface area contributed by atoms with Crippen LogP contribution < -0.4 is 5.32 Å². The summed E-state index contributed by atoms with van der Waals surface area (Å²) in [6, 6.07) is 1.59. The maximum Gasteiger partial charge on any atom is 0.317 e. The number of hydrogen-bond acceptors (Lipinski definition) is 2. The van der Waals surface area contributed by atoms with Crippen LogP contribution >= 0.6 is 15.9 Å². The maximum absolute atomic E-state index is 13.5. The summed E-state index contributed by atoms with van der Waals surface area (Å²) >= 11 is 2.95. The van der Waals surface area contributed by atoms with Gasteiger partial charge in [0.1, 0.15) is 11.6 Å². The van der Waals surface area contributed by atoms with Crippen LogP contribution in [0.5, 0.6) is 0 Å². The molecule has 0 bridgehead atoms. The molecule has 0 atom stereocenters. The number of nitrogens with zero attached hydrogens (tertiary/aromatic N) is 1. The van der Waals surface area contributed by atoms with E-state index in [-0.39, 0.29) is 29.5 Å². The summed E-state index contributed by atoms with van der Waals surface area (Å²) in [5, 5.41) is 10.8. The highest BCUT2D eigenvalue weighted by molar-refractivity contribution is 9.10. The van der Waals surface area contributed by atoms with Crippen molar-refractivity contribution < 1.29 is 23.5 Å². The second-order valence-corrected chi connectivity index (χ2v) is 4.99. The summed E-state index contributed by atoms with van der Waals surface area (Å²) in [4.78, 5) is 23.1. The van der Waals surface area contributed by atoms with Crippen LogP contribution in [-0.2, 0) is 11.3 Å². The van der Waals surface area contributed by atoms with E-state index in [4.69, 9.17) is 5.11 Å².